The van der Waals surface area contributed by atoms with Gasteiger partial charge in [-0.15, -0.1) is 0 Å². The van der Waals surface area contributed by atoms with Crippen LogP contribution in [0.5, 0.6) is 0 Å². The van der Waals surface area contributed by atoms with Gasteiger partial charge < -0.3 is 15.1 Å². The Labute approximate surface area is 165 Å². The van der Waals surface area contributed by atoms with E-state index in [4.69, 9.17) is 0 Å². The van der Waals surface area contributed by atoms with E-state index in [1.54, 1.807) is 11.0 Å². The third-order valence-corrected chi connectivity index (χ3v) is 5.84. The van der Waals surface area contributed by atoms with Gasteiger partial charge in [-0.05, 0) is 50.2 Å². The summed E-state index contributed by atoms with van der Waals surface area (Å²) in [5, 5.41) is 2.94. The number of carbonyl (C=O) groups is 2. The van der Waals surface area contributed by atoms with E-state index < -0.39 is 0 Å². The monoisotopic (exact) mass is 378 g/mol. The molecule has 2 heterocycles. The zero-order valence-electron chi connectivity index (χ0n) is 16.6. The summed E-state index contributed by atoms with van der Waals surface area (Å²) in [6.07, 6.45) is 0.939. The van der Waals surface area contributed by atoms with Crippen molar-refractivity contribution in [1.82, 2.24) is 9.80 Å². The normalized spacial score (nSPS) is 22.0. The molecule has 0 aromatic heterocycles. The average molecular weight is 378 g/mol. The summed E-state index contributed by atoms with van der Waals surface area (Å²) in [7, 11) is 3.99. The number of rotatable bonds is 1. The number of urea groups is 1. The van der Waals surface area contributed by atoms with Gasteiger partial charge >= 0.3 is 6.03 Å². The molecule has 1 saturated heterocycles. The Morgan fingerprint density at radius 3 is 2.54 bits per heavy atom. The molecule has 0 radical (unpaired) electrons. The van der Waals surface area contributed by atoms with Gasteiger partial charge in [-0.1, -0.05) is 31.2 Å². The fourth-order valence-electron chi connectivity index (χ4n) is 4.38. The smallest absolute Gasteiger partial charge is 0.324 e. The molecule has 28 heavy (non-hydrogen) atoms. The summed E-state index contributed by atoms with van der Waals surface area (Å²) in [6, 6.07) is 14.8. The zero-order chi connectivity index (χ0) is 19.8. The van der Waals surface area contributed by atoms with Crippen LogP contribution < -0.4 is 10.2 Å². The number of anilines is 3. The first-order valence-electron chi connectivity index (χ1n) is 9.72. The first-order valence-corrected chi connectivity index (χ1v) is 9.72. The number of hydrogen-bond acceptors (Lipinski definition) is 3. The van der Waals surface area contributed by atoms with Gasteiger partial charge in [0.15, 0.2) is 0 Å². The van der Waals surface area contributed by atoms with E-state index in [0.717, 1.165) is 19.5 Å². The predicted molar refractivity (Wildman–Crippen MR) is 111 cm³/mol. The molecule has 2 aliphatic rings. The lowest BCUT2D eigenvalue weighted by atomic mass is 9.93. The van der Waals surface area contributed by atoms with Crippen LogP contribution >= 0.6 is 0 Å². The van der Waals surface area contributed by atoms with E-state index in [1.165, 1.54) is 0 Å². The molecule has 1 N–H and O–H groups in total. The summed E-state index contributed by atoms with van der Waals surface area (Å²) < 4.78 is 0. The summed E-state index contributed by atoms with van der Waals surface area (Å²) in [5.41, 5.74) is 2.44. The van der Waals surface area contributed by atoms with Crippen molar-refractivity contribution in [2.75, 3.05) is 37.4 Å². The molecule has 2 aromatic carbocycles. The van der Waals surface area contributed by atoms with Gasteiger partial charge in [0.05, 0.1) is 22.6 Å². The number of carbonyl (C=O) groups excluding carboxylic acids is 2. The van der Waals surface area contributed by atoms with Crippen molar-refractivity contribution >= 4 is 29.0 Å². The van der Waals surface area contributed by atoms with Crippen LogP contribution in [-0.2, 0) is 0 Å². The van der Waals surface area contributed by atoms with Crippen molar-refractivity contribution in [1.29, 1.82) is 0 Å². The van der Waals surface area contributed by atoms with Crippen LogP contribution in [0.3, 0.4) is 0 Å². The fraction of sp³-hybridized carbons (Fsp3) is 0.364. The van der Waals surface area contributed by atoms with Crippen LogP contribution in [0.15, 0.2) is 48.5 Å². The van der Waals surface area contributed by atoms with E-state index in [0.29, 0.717) is 28.5 Å². The highest BCUT2D eigenvalue weighted by Gasteiger charge is 2.35. The first kappa shape index (κ1) is 18.5. The number of benzene rings is 2. The molecule has 0 spiro atoms. The zero-order valence-corrected chi connectivity index (χ0v) is 16.6. The molecule has 2 aliphatic heterocycles. The van der Waals surface area contributed by atoms with Crippen molar-refractivity contribution < 1.29 is 9.59 Å². The summed E-state index contributed by atoms with van der Waals surface area (Å²) >= 11 is 0. The molecule has 2 atom stereocenters. The quantitative estimate of drug-likeness (QED) is 0.822. The first-order chi connectivity index (χ1) is 13.5. The number of fused-ring (bicyclic) bond motifs is 2. The van der Waals surface area contributed by atoms with Gasteiger partial charge in [-0.2, -0.15) is 0 Å². The molecule has 3 amide bonds. The number of nitrogens with one attached hydrogen (secondary N) is 1. The lowest BCUT2D eigenvalue weighted by molar-refractivity contribution is 0.102. The highest BCUT2D eigenvalue weighted by atomic mass is 16.2. The number of nitrogens with zero attached hydrogens (tertiary/aromatic N) is 3. The number of likely N-dealkylation sites (tertiary alicyclic amines) is 1. The fourth-order valence-corrected chi connectivity index (χ4v) is 4.38. The van der Waals surface area contributed by atoms with Crippen LogP contribution in [0.25, 0.3) is 0 Å². The SMILES string of the molecule is C[C@H]1CN(C)CC[C@@H]1N(C)C(=O)N1c2ccccc2NC(=O)c2ccccc21. The third kappa shape index (κ3) is 3.14. The summed E-state index contributed by atoms with van der Waals surface area (Å²) in [4.78, 5) is 32.3. The molecule has 4 rings (SSSR count). The summed E-state index contributed by atoms with van der Waals surface area (Å²) in [5.74, 6) is 0.179. The molecular weight excluding hydrogens is 352 g/mol. The number of piperidine rings is 1. The van der Waals surface area contributed by atoms with Gasteiger partial charge in [0.2, 0.25) is 0 Å². The van der Waals surface area contributed by atoms with E-state index in [9.17, 15) is 9.59 Å². The Kier molecular flexibility index (Phi) is 4.81. The van der Waals surface area contributed by atoms with Crippen LogP contribution in [0, 0.1) is 5.92 Å². The molecule has 1 fully saturated rings. The number of amides is 3. The molecule has 0 saturated carbocycles. The minimum absolute atomic E-state index is 0.113. The Bertz CT molecular complexity index is 913. The van der Waals surface area contributed by atoms with Crippen LogP contribution in [0.2, 0.25) is 0 Å². The minimum atomic E-state index is -0.200. The van der Waals surface area contributed by atoms with Crippen molar-refractivity contribution in [3.8, 4) is 0 Å². The Morgan fingerprint density at radius 2 is 1.79 bits per heavy atom. The Hall–Kier alpha value is -2.86. The molecule has 2 aromatic rings. The highest BCUT2D eigenvalue weighted by molar-refractivity contribution is 6.17. The second-order valence-electron chi connectivity index (χ2n) is 7.81. The highest BCUT2D eigenvalue weighted by Crippen LogP contribution is 2.39. The lowest BCUT2D eigenvalue weighted by Crippen LogP contribution is -2.52. The molecule has 146 valence electrons. The minimum Gasteiger partial charge on any atom is -0.324 e. The molecule has 0 bridgehead atoms. The predicted octanol–water partition coefficient (Wildman–Crippen LogP) is 3.78. The van der Waals surface area contributed by atoms with Crippen molar-refractivity contribution in [3.63, 3.8) is 0 Å². The maximum Gasteiger partial charge on any atom is 0.329 e. The van der Waals surface area contributed by atoms with E-state index in [1.807, 2.05) is 54.4 Å². The Balaban J connectivity index is 1.77. The van der Waals surface area contributed by atoms with Gasteiger partial charge in [-0.3, -0.25) is 9.69 Å². The lowest BCUT2D eigenvalue weighted by Gasteiger charge is -2.41. The second kappa shape index (κ2) is 7.28. The maximum absolute atomic E-state index is 13.7. The number of hydrogen-bond donors (Lipinski definition) is 1. The van der Waals surface area contributed by atoms with Crippen molar-refractivity contribution in [2.24, 2.45) is 5.92 Å². The van der Waals surface area contributed by atoms with Crippen LogP contribution in [0.4, 0.5) is 21.9 Å². The average Bonchev–Trinajstić information content (AvgIpc) is 2.81. The van der Waals surface area contributed by atoms with Crippen molar-refractivity contribution in [3.05, 3.63) is 54.1 Å². The second-order valence-corrected chi connectivity index (χ2v) is 7.81. The summed E-state index contributed by atoms with van der Waals surface area (Å²) in [6.45, 7) is 4.13. The standard InChI is InChI=1S/C22H26N4O2/c1-15-14-24(2)13-12-18(15)25(3)22(28)26-19-10-6-4-8-16(19)21(27)23-17-9-5-7-11-20(17)26/h4-11,15,18H,12-14H2,1-3H3,(H,23,27)/t15-,18-/m0/s1. The van der Waals surface area contributed by atoms with Crippen molar-refractivity contribution in [2.45, 2.75) is 19.4 Å². The third-order valence-electron chi connectivity index (χ3n) is 5.84. The van der Waals surface area contributed by atoms with Gasteiger partial charge in [-0.25, -0.2) is 4.79 Å². The van der Waals surface area contributed by atoms with E-state index >= 15 is 0 Å². The van der Waals surface area contributed by atoms with Crippen LogP contribution in [-0.4, -0.2) is 55.0 Å². The largest absolute Gasteiger partial charge is 0.329 e. The van der Waals surface area contributed by atoms with E-state index in [-0.39, 0.29) is 18.0 Å². The van der Waals surface area contributed by atoms with E-state index in [2.05, 4.69) is 24.2 Å². The molecule has 0 unspecified atom stereocenters. The topological polar surface area (TPSA) is 55.9 Å². The number of para-hydroxylation sites is 3. The van der Waals surface area contributed by atoms with Crippen LogP contribution in [0.1, 0.15) is 23.7 Å². The van der Waals surface area contributed by atoms with Gasteiger partial charge in [0.25, 0.3) is 5.91 Å². The maximum atomic E-state index is 13.7. The Morgan fingerprint density at radius 1 is 1.11 bits per heavy atom. The molecular formula is C22H26N4O2. The molecule has 6 heteroatoms. The van der Waals surface area contributed by atoms with Gasteiger partial charge in [0.1, 0.15) is 0 Å². The molecule has 6 nitrogen and oxygen atoms in total. The van der Waals surface area contributed by atoms with Gasteiger partial charge in [0, 0.05) is 19.6 Å². The molecule has 0 aliphatic carbocycles.